The molecule has 286 valence electrons. The number of likely N-dealkylation sites (tertiary alicyclic amines) is 2. The second kappa shape index (κ2) is 15.1. The smallest absolute Gasteiger partial charge is 0.408 e. The van der Waals surface area contributed by atoms with Crippen LogP contribution in [0.15, 0.2) is 36.4 Å². The number of fused-ring (bicyclic) bond motifs is 2. The van der Waals surface area contributed by atoms with Crippen molar-refractivity contribution in [1.82, 2.24) is 29.7 Å². The summed E-state index contributed by atoms with van der Waals surface area (Å²) in [7, 11) is 0. The minimum Gasteiger partial charge on any atom is -0.444 e. The summed E-state index contributed by atoms with van der Waals surface area (Å²) in [4.78, 5) is 51.9. The standard InChI is InChI=1S/C40H51F3N6O4/c1-8-31(46-39(52)53-40(5,6)7)38(51)48-20-26(43)16-28(48)19-30-29-13-11-24(41)17-32(29)44-35(30)36-45-33-18-25(42)12-14-34(33)49(36)21-27-10-9-15-47(27)37(50)23(4)22(2)3/h11-14,17-18,22-23,26-28,31,44H,8-10,15-16,19-21H2,1-7H3,(H,46,52)/t23-,26-,27-,28-,31-/m0/s1. The number of aromatic amines is 1. The average molecular weight is 737 g/mol. The van der Waals surface area contributed by atoms with Crippen molar-refractivity contribution in [2.45, 2.75) is 117 Å². The molecule has 4 aromatic rings. The Morgan fingerprint density at radius 3 is 2.43 bits per heavy atom. The van der Waals surface area contributed by atoms with Crippen molar-refractivity contribution in [2.24, 2.45) is 11.8 Å². The number of H-pyrrole nitrogens is 1. The third-order valence-corrected chi connectivity index (χ3v) is 10.7. The van der Waals surface area contributed by atoms with Gasteiger partial charge in [0.25, 0.3) is 0 Å². The Morgan fingerprint density at radius 1 is 1.02 bits per heavy atom. The number of halogens is 3. The van der Waals surface area contributed by atoms with E-state index >= 15 is 4.39 Å². The number of amides is 3. The lowest BCUT2D eigenvalue weighted by atomic mass is 9.96. The number of alkyl carbamates (subject to hydrolysis) is 1. The van der Waals surface area contributed by atoms with Crippen LogP contribution in [0.3, 0.4) is 0 Å². The average Bonchev–Trinajstić information content (AvgIpc) is 3.86. The summed E-state index contributed by atoms with van der Waals surface area (Å²) in [6.07, 6.45) is 0.154. The van der Waals surface area contributed by atoms with E-state index in [-0.39, 0.29) is 49.6 Å². The zero-order chi connectivity index (χ0) is 38.4. The van der Waals surface area contributed by atoms with Crippen molar-refractivity contribution >= 4 is 39.8 Å². The fourth-order valence-electron chi connectivity index (χ4n) is 7.73. The Morgan fingerprint density at radius 2 is 1.74 bits per heavy atom. The fraction of sp³-hybridized carbons (Fsp3) is 0.550. The maximum absolute atomic E-state index is 15.3. The third-order valence-electron chi connectivity index (χ3n) is 10.7. The summed E-state index contributed by atoms with van der Waals surface area (Å²) in [6, 6.07) is 7.16. The van der Waals surface area contributed by atoms with Gasteiger partial charge >= 0.3 is 6.09 Å². The van der Waals surface area contributed by atoms with Gasteiger partial charge in [0, 0.05) is 54.5 Å². The molecule has 0 bridgehead atoms. The topological polar surface area (TPSA) is 113 Å². The van der Waals surface area contributed by atoms with Gasteiger partial charge in [-0.05, 0) is 88.3 Å². The number of benzene rings is 2. The van der Waals surface area contributed by atoms with Gasteiger partial charge in [-0.25, -0.2) is 22.9 Å². The number of alkyl halides is 1. The number of imidazole rings is 1. The summed E-state index contributed by atoms with van der Waals surface area (Å²) in [5.74, 6) is -0.721. The van der Waals surface area contributed by atoms with Crippen LogP contribution in [-0.2, 0) is 27.3 Å². The quantitative estimate of drug-likeness (QED) is 0.175. The van der Waals surface area contributed by atoms with Gasteiger partial charge in [-0.2, -0.15) is 0 Å². The largest absolute Gasteiger partial charge is 0.444 e. The van der Waals surface area contributed by atoms with E-state index in [2.05, 4.69) is 10.3 Å². The van der Waals surface area contributed by atoms with Crippen LogP contribution in [0, 0.1) is 23.5 Å². The number of nitrogens with zero attached hydrogens (tertiary/aromatic N) is 4. The van der Waals surface area contributed by atoms with Crippen LogP contribution in [0.2, 0.25) is 0 Å². The minimum atomic E-state index is -1.29. The molecule has 0 saturated carbocycles. The van der Waals surface area contributed by atoms with Gasteiger partial charge in [-0.1, -0.05) is 27.7 Å². The molecule has 4 heterocycles. The first-order chi connectivity index (χ1) is 25.0. The number of rotatable bonds is 10. The number of aromatic nitrogens is 3. The Labute approximate surface area is 308 Å². The van der Waals surface area contributed by atoms with Crippen LogP contribution in [0.5, 0.6) is 0 Å². The van der Waals surface area contributed by atoms with E-state index in [0.717, 1.165) is 12.8 Å². The molecular formula is C40H51F3N6O4. The molecule has 53 heavy (non-hydrogen) atoms. The summed E-state index contributed by atoms with van der Waals surface area (Å²) < 4.78 is 52.0. The second-order valence-corrected chi connectivity index (χ2v) is 16.0. The molecule has 6 rings (SSSR count). The van der Waals surface area contributed by atoms with Crippen LogP contribution < -0.4 is 5.32 Å². The molecule has 0 aliphatic carbocycles. The highest BCUT2D eigenvalue weighted by molar-refractivity contribution is 5.92. The Hall–Kier alpha value is -4.55. The first-order valence-electron chi connectivity index (χ1n) is 18.7. The summed E-state index contributed by atoms with van der Waals surface area (Å²) >= 11 is 0. The molecule has 0 unspecified atom stereocenters. The number of ether oxygens (including phenoxy) is 1. The zero-order valence-corrected chi connectivity index (χ0v) is 31.6. The molecule has 5 atom stereocenters. The van der Waals surface area contributed by atoms with Gasteiger partial charge in [0.05, 0.1) is 23.3 Å². The van der Waals surface area contributed by atoms with Crippen LogP contribution in [0.4, 0.5) is 18.0 Å². The highest BCUT2D eigenvalue weighted by Crippen LogP contribution is 2.37. The lowest BCUT2D eigenvalue weighted by Crippen LogP contribution is -2.51. The van der Waals surface area contributed by atoms with Crippen molar-refractivity contribution in [3.05, 3.63) is 53.6 Å². The molecule has 2 aromatic heterocycles. The van der Waals surface area contributed by atoms with Gasteiger partial charge in [0.2, 0.25) is 11.8 Å². The zero-order valence-electron chi connectivity index (χ0n) is 31.6. The molecule has 0 spiro atoms. The summed E-state index contributed by atoms with van der Waals surface area (Å²) in [6.45, 7) is 13.9. The molecule has 2 aliphatic heterocycles. The van der Waals surface area contributed by atoms with E-state index in [1.165, 1.54) is 29.2 Å². The highest BCUT2D eigenvalue weighted by atomic mass is 19.1. The Kier molecular flexibility index (Phi) is 10.8. The molecule has 13 heteroatoms. The fourth-order valence-corrected chi connectivity index (χ4v) is 7.73. The number of carbonyl (C=O) groups is 3. The van der Waals surface area contributed by atoms with E-state index in [4.69, 9.17) is 9.72 Å². The van der Waals surface area contributed by atoms with Crippen LogP contribution >= 0.6 is 0 Å². The first kappa shape index (κ1) is 38.2. The molecule has 2 saturated heterocycles. The second-order valence-electron chi connectivity index (χ2n) is 16.0. The number of carbonyl (C=O) groups excluding carboxylic acids is 3. The lowest BCUT2D eigenvalue weighted by Gasteiger charge is -2.30. The molecule has 2 fully saturated rings. The highest BCUT2D eigenvalue weighted by Gasteiger charge is 2.40. The van der Waals surface area contributed by atoms with E-state index in [1.54, 1.807) is 39.8 Å². The molecular weight excluding hydrogens is 685 g/mol. The summed E-state index contributed by atoms with van der Waals surface area (Å²) in [5.41, 5.74) is 2.07. The number of hydrogen-bond donors (Lipinski definition) is 2. The lowest BCUT2D eigenvalue weighted by molar-refractivity contribution is -0.137. The van der Waals surface area contributed by atoms with Crippen LogP contribution in [0.25, 0.3) is 33.5 Å². The molecule has 2 N–H and O–H groups in total. The van der Waals surface area contributed by atoms with Gasteiger partial charge in [0.15, 0.2) is 5.82 Å². The van der Waals surface area contributed by atoms with E-state index < -0.39 is 47.5 Å². The van der Waals surface area contributed by atoms with Crippen LogP contribution in [0.1, 0.15) is 79.7 Å². The minimum absolute atomic E-state index is 0.0662. The normalized spacial score (nSPS) is 20.5. The van der Waals surface area contributed by atoms with Crippen molar-refractivity contribution in [3.8, 4) is 11.5 Å². The maximum Gasteiger partial charge on any atom is 0.408 e. The monoisotopic (exact) mass is 736 g/mol. The van der Waals surface area contributed by atoms with Crippen molar-refractivity contribution in [1.29, 1.82) is 0 Å². The first-order valence-corrected chi connectivity index (χ1v) is 18.7. The molecule has 2 aliphatic rings. The van der Waals surface area contributed by atoms with Crippen molar-refractivity contribution in [3.63, 3.8) is 0 Å². The summed E-state index contributed by atoms with van der Waals surface area (Å²) in [5, 5.41) is 3.34. The molecule has 3 amide bonds. The van der Waals surface area contributed by atoms with Crippen molar-refractivity contribution < 1.29 is 32.3 Å². The van der Waals surface area contributed by atoms with Crippen LogP contribution in [-0.4, -0.2) is 85.2 Å². The van der Waals surface area contributed by atoms with E-state index in [9.17, 15) is 23.2 Å². The predicted octanol–water partition coefficient (Wildman–Crippen LogP) is 7.53. The Balaban J connectivity index is 1.40. The Bertz CT molecular complexity index is 2000. The maximum atomic E-state index is 15.3. The number of hydrogen-bond acceptors (Lipinski definition) is 5. The molecule has 10 nitrogen and oxygen atoms in total. The van der Waals surface area contributed by atoms with Gasteiger partial charge in [-0.3, -0.25) is 9.59 Å². The van der Waals surface area contributed by atoms with E-state index in [1.807, 2.05) is 30.2 Å². The SMILES string of the molecule is CC[C@H](NC(=O)OC(C)(C)C)C(=O)N1C[C@@H](F)C[C@H]1Cc1c(-c2nc3cc(F)ccc3n2C[C@@H]2CCCN2C(=O)[C@@H](C)C(C)C)[nH]c2cc(F)ccc12. The predicted molar refractivity (Wildman–Crippen MR) is 198 cm³/mol. The molecule has 0 radical (unpaired) electrons. The van der Waals surface area contributed by atoms with Gasteiger partial charge in [-0.15, -0.1) is 0 Å². The van der Waals surface area contributed by atoms with Gasteiger partial charge in [0.1, 0.15) is 29.4 Å². The van der Waals surface area contributed by atoms with E-state index in [0.29, 0.717) is 52.1 Å². The van der Waals surface area contributed by atoms with Gasteiger partial charge < -0.3 is 29.4 Å². The number of nitrogens with one attached hydrogen (secondary N) is 2. The molecule has 2 aromatic carbocycles. The van der Waals surface area contributed by atoms with Crippen molar-refractivity contribution in [2.75, 3.05) is 13.1 Å². The third kappa shape index (κ3) is 8.03.